The molecule has 3 rings (SSSR count). The molecule has 1 N–H and O–H groups in total. The van der Waals surface area contributed by atoms with Crippen LogP contribution in [0.15, 0.2) is 46.2 Å². The largest absolute Gasteiger partial charge is 0.507 e. The van der Waals surface area contributed by atoms with Crippen LogP contribution >= 0.6 is 0 Å². The maximum absolute atomic E-state index is 12.7. The van der Waals surface area contributed by atoms with Gasteiger partial charge in [-0.15, -0.1) is 0 Å². The van der Waals surface area contributed by atoms with E-state index in [1.807, 2.05) is 0 Å². The molecule has 2 aromatic rings. The number of carbonyl (C=O) groups excluding carboxylic acids is 1. The zero-order valence-corrected chi connectivity index (χ0v) is 13.5. The summed E-state index contributed by atoms with van der Waals surface area (Å²) in [5, 5.41) is 10.1. The minimum atomic E-state index is -3.98. The average molecular weight is 350 g/mol. The van der Waals surface area contributed by atoms with Gasteiger partial charge in [0.25, 0.3) is 0 Å². The van der Waals surface area contributed by atoms with Crippen LogP contribution in [0.25, 0.3) is 0 Å². The fraction of sp³-hybridized carbons (Fsp3) is 0.188. The van der Waals surface area contributed by atoms with E-state index in [-0.39, 0.29) is 28.8 Å². The van der Waals surface area contributed by atoms with Gasteiger partial charge in [-0.2, -0.15) is 0 Å². The van der Waals surface area contributed by atoms with Crippen LogP contribution in [-0.2, 0) is 14.6 Å². The Labute approximate surface area is 138 Å². The van der Waals surface area contributed by atoms with E-state index >= 15 is 0 Å². The van der Waals surface area contributed by atoms with E-state index in [9.17, 15) is 18.3 Å². The van der Waals surface area contributed by atoms with Gasteiger partial charge < -0.3 is 19.3 Å². The first-order chi connectivity index (χ1) is 11.4. The van der Waals surface area contributed by atoms with Gasteiger partial charge in [-0.3, -0.25) is 0 Å². The molecular formula is C16H14O7S. The number of aromatic hydroxyl groups is 1. The molecule has 0 saturated heterocycles. The molecule has 1 aliphatic heterocycles. The lowest BCUT2D eigenvalue weighted by molar-refractivity contribution is 0.0525. The van der Waals surface area contributed by atoms with Crippen LogP contribution in [-0.4, -0.2) is 32.9 Å². The van der Waals surface area contributed by atoms with Crippen molar-refractivity contribution in [2.75, 3.05) is 13.4 Å². The minimum absolute atomic E-state index is 0.0261. The lowest BCUT2D eigenvalue weighted by atomic mass is 10.2. The number of sulfone groups is 1. The lowest BCUT2D eigenvalue weighted by Crippen LogP contribution is -2.07. The molecular weight excluding hydrogens is 336 g/mol. The number of rotatable bonds is 4. The molecule has 0 amide bonds. The summed E-state index contributed by atoms with van der Waals surface area (Å²) in [5.41, 5.74) is 0.0685. The molecule has 24 heavy (non-hydrogen) atoms. The first kappa shape index (κ1) is 16.1. The predicted octanol–water partition coefficient (Wildman–Crippen LogP) is 2.13. The van der Waals surface area contributed by atoms with Crippen LogP contribution in [0, 0.1) is 0 Å². The van der Waals surface area contributed by atoms with Crippen molar-refractivity contribution in [3.05, 3.63) is 42.0 Å². The van der Waals surface area contributed by atoms with Crippen molar-refractivity contribution in [2.45, 2.75) is 16.7 Å². The average Bonchev–Trinajstić information content (AvgIpc) is 3.02. The second kappa shape index (κ2) is 6.04. The Hall–Kier alpha value is -2.74. The SMILES string of the molecule is CCOC(=O)c1ccc(S(=O)(=O)c2ccc3c(c2)OCO3)c(O)c1. The van der Waals surface area contributed by atoms with Crippen molar-refractivity contribution in [3.63, 3.8) is 0 Å². The Balaban J connectivity index is 1.99. The Morgan fingerprint density at radius 2 is 1.92 bits per heavy atom. The third-order valence-corrected chi connectivity index (χ3v) is 5.21. The highest BCUT2D eigenvalue weighted by Crippen LogP contribution is 2.37. The lowest BCUT2D eigenvalue weighted by Gasteiger charge is -2.09. The number of fused-ring (bicyclic) bond motifs is 1. The second-order valence-electron chi connectivity index (χ2n) is 4.92. The number of carbonyl (C=O) groups is 1. The summed E-state index contributed by atoms with van der Waals surface area (Å²) < 4.78 is 40.5. The number of hydrogen-bond acceptors (Lipinski definition) is 7. The maximum Gasteiger partial charge on any atom is 0.338 e. The summed E-state index contributed by atoms with van der Waals surface area (Å²) in [6.45, 7) is 1.85. The highest BCUT2D eigenvalue weighted by molar-refractivity contribution is 7.91. The Morgan fingerprint density at radius 3 is 2.62 bits per heavy atom. The standard InChI is InChI=1S/C16H14O7S/c1-2-21-16(18)10-3-6-15(12(17)7-10)24(19,20)11-4-5-13-14(8-11)23-9-22-13/h3-8,17H,2,9H2,1H3. The van der Waals surface area contributed by atoms with Crippen molar-refractivity contribution >= 4 is 15.8 Å². The van der Waals surface area contributed by atoms with Gasteiger partial charge in [0.15, 0.2) is 11.5 Å². The number of phenolic OH excluding ortho intramolecular Hbond substituents is 1. The quantitative estimate of drug-likeness (QED) is 0.843. The Kier molecular flexibility index (Phi) is 4.06. The van der Waals surface area contributed by atoms with Crippen molar-refractivity contribution < 1.29 is 32.5 Å². The van der Waals surface area contributed by atoms with Crippen LogP contribution in [0.2, 0.25) is 0 Å². The smallest absolute Gasteiger partial charge is 0.338 e. The van der Waals surface area contributed by atoms with E-state index in [2.05, 4.69) is 0 Å². The molecule has 1 aliphatic rings. The van der Waals surface area contributed by atoms with Gasteiger partial charge in [0, 0.05) is 6.07 Å². The van der Waals surface area contributed by atoms with Gasteiger partial charge in [0.05, 0.1) is 17.1 Å². The molecule has 0 aromatic heterocycles. The van der Waals surface area contributed by atoms with Crippen molar-refractivity contribution in [1.29, 1.82) is 0 Å². The van der Waals surface area contributed by atoms with Gasteiger partial charge in [-0.05, 0) is 37.3 Å². The number of phenols is 1. The molecule has 0 aliphatic carbocycles. The van der Waals surface area contributed by atoms with E-state index in [1.54, 1.807) is 6.92 Å². The molecule has 0 radical (unpaired) electrons. The van der Waals surface area contributed by atoms with Crippen molar-refractivity contribution in [3.8, 4) is 17.2 Å². The summed E-state index contributed by atoms with van der Waals surface area (Å²) in [6, 6.07) is 7.70. The van der Waals surface area contributed by atoms with Gasteiger partial charge in [-0.25, -0.2) is 13.2 Å². The third-order valence-electron chi connectivity index (χ3n) is 3.41. The minimum Gasteiger partial charge on any atom is -0.507 e. The Morgan fingerprint density at radius 1 is 1.17 bits per heavy atom. The molecule has 0 fully saturated rings. The first-order valence-corrected chi connectivity index (χ1v) is 8.56. The monoisotopic (exact) mass is 350 g/mol. The van der Waals surface area contributed by atoms with E-state index < -0.39 is 21.6 Å². The molecule has 0 saturated carbocycles. The molecule has 0 bridgehead atoms. The molecule has 2 aromatic carbocycles. The number of esters is 1. The summed E-state index contributed by atoms with van der Waals surface area (Å²) in [6.07, 6.45) is 0. The molecule has 8 heteroatoms. The van der Waals surface area contributed by atoms with Gasteiger partial charge in [0.2, 0.25) is 16.6 Å². The predicted molar refractivity (Wildman–Crippen MR) is 82.1 cm³/mol. The molecule has 0 atom stereocenters. The van der Waals surface area contributed by atoms with Gasteiger partial charge in [-0.1, -0.05) is 0 Å². The molecule has 7 nitrogen and oxygen atoms in total. The summed E-state index contributed by atoms with van der Waals surface area (Å²) in [4.78, 5) is 11.3. The van der Waals surface area contributed by atoms with E-state index in [1.165, 1.54) is 30.3 Å². The van der Waals surface area contributed by atoms with Crippen LogP contribution in [0.3, 0.4) is 0 Å². The highest BCUT2D eigenvalue weighted by Gasteiger charge is 2.25. The van der Waals surface area contributed by atoms with Gasteiger partial charge in [0.1, 0.15) is 10.6 Å². The number of hydrogen-bond donors (Lipinski definition) is 1. The second-order valence-corrected chi connectivity index (χ2v) is 6.84. The fourth-order valence-electron chi connectivity index (χ4n) is 2.26. The summed E-state index contributed by atoms with van der Waals surface area (Å²) >= 11 is 0. The van der Waals surface area contributed by atoms with E-state index in [4.69, 9.17) is 14.2 Å². The van der Waals surface area contributed by atoms with E-state index in [0.717, 1.165) is 6.07 Å². The summed E-state index contributed by atoms with van der Waals surface area (Å²) in [5.74, 6) is -0.396. The number of benzene rings is 2. The van der Waals surface area contributed by atoms with Crippen LogP contribution in [0.4, 0.5) is 0 Å². The Bertz CT molecular complexity index is 903. The zero-order chi connectivity index (χ0) is 17.3. The van der Waals surface area contributed by atoms with Gasteiger partial charge >= 0.3 is 5.97 Å². The molecule has 1 heterocycles. The third kappa shape index (κ3) is 2.76. The highest BCUT2D eigenvalue weighted by atomic mass is 32.2. The molecule has 0 spiro atoms. The number of ether oxygens (including phenoxy) is 3. The van der Waals surface area contributed by atoms with Crippen LogP contribution in [0.5, 0.6) is 17.2 Å². The zero-order valence-electron chi connectivity index (χ0n) is 12.7. The molecule has 126 valence electrons. The normalized spacial score (nSPS) is 12.9. The summed E-state index contributed by atoms with van der Waals surface area (Å²) in [7, 11) is -3.98. The van der Waals surface area contributed by atoms with Crippen molar-refractivity contribution in [1.82, 2.24) is 0 Å². The van der Waals surface area contributed by atoms with Crippen LogP contribution in [0.1, 0.15) is 17.3 Å². The van der Waals surface area contributed by atoms with Crippen LogP contribution < -0.4 is 9.47 Å². The maximum atomic E-state index is 12.7. The first-order valence-electron chi connectivity index (χ1n) is 7.08. The topological polar surface area (TPSA) is 99.1 Å². The van der Waals surface area contributed by atoms with E-state index in [0.29, 0.717) is 11.5 Å². The van der Waals surface area contributed by atoms with Crippen molar-refractivity contribution in [2.24, 2.45) is 0 Å². The fourth-order valence-corrected chi connectivity index (χ4v) is 3.60. The molecule has 0 unspecified atom stereocenters.